The van der Waals surface area contributed by atoms with Crippen LogP contribution in [0.25, 0.3) is 0 Å². The summed E-state index contributed by atoms with van der Waals surface area (Å²) in [5.41, 5.74) is 5.78. The molecule has 2 unspecified atom stereocenters. The Morgan fingerprint density at radius 2 is 2.05 bits per heavy atom. The SMILES string of the molecule is CCC(CC)C(CC1OCCc2ccccc21)NN. The third-order valence-corrected chi connectivity index (χ3v) is 4.39. The van der Waals surface area contributed by atoms with E-state index in [4.69, 9.17) is 10.6 Å². The highest BCUT2D eigenvalue weighted by Crippen LogP contribution is 2.32. The molecule has 0 saturated carbocycles. The maximum Gasteiger partial charge on any atom is 0.0843 e. The molecule has 1 aliphatic heterocycles. The van der Waals surface area contributed by atoms with E-state index in [-0.39, 0.29) is 6.10 Å². The molecule has 1 aliphatic rings. The number of nitrogens with one attached hydrogen (secondary N) is 1. The van der Waals surface area contributed by atoms with Crippen molar-refractivity contribution in [2.24, 2.45) is 11.8 Å². The third-order valence-electron chi connectivity index (χ3n) is 4.39. The largest absolute Gasteiger partial charge is 0.373 e. The maximum absolute atomic E-state index is 5.98. The van der Waals surface area contributed by atoms with Gasteiger partial charge in [0.1, 0.15) is 0 Å². The topological polar surface area (TPSA) is 47.3 Å². The van der Waals surface area contributed by atoms with Gasteiger partial charge in [-0.3, -0.25) is 11.3 Å². The Morgan fingerprint density at radius 1 is 1.32 bits per heavy atom. The standard InChI is InChI=1S/C16H26N2O/c1-3-12(4-2)15(18-17)11-16-14-8-6-5-7-13(14)9-10-19-16/h5-8,12,15-16,18H,3-4,9-11,17H2,1-2H3. The van der Waals surface area contributed by atoms with Gasteiger partial charge >= 0.3 is 0 Å². The summed E-state index contributed by atoms with van der Waals surface area (Å²) in [6.45, 7) is 5.28. The molecule has 1 aromatic rings. The Bertz CT molecular complexity index is 390. The average molecular weight is 262 g/mol. The van der Waals surface area contributed by atoms with Crippen molar-refractivity contribution in [3.05, 3.63) is 35.4 Å². The van der Waals surface area contributed by atoms with E-state index in [2.05, 4.69) is 43.5 Å². The molecule has 0 saturated heterocycles. The van der Waals surface area contributed by atoms with Gasteiger partial charge in [0.2, 0.25) is 0 Å². The molecule has 0 fully saturated rings. The Hall–Kier alpha value is -0.900. The van der Waals surface area contributed by atoms with Crippen LogP contribution in [0.5, 0.6) is 0 Å². The fraction of sp³-hybridized carbons (Fsp3) is 0.625. The van der Waals surface area contributed by atoms with E-state index in [0.29, 0.717) is 12.0 Å². The molecule has 0 amide bonds. The van der Waals surface area contributed by atoms with Crippen molar-refractivity contribution in [3.8, 4) is 0 Å². The number of fused-ring (bicyclic) bond motifs is 1. The first kappa shape index (κ1) is 14.5. The fourth-order valence-electron chi connectivity index (χ4n) is 3.16. The zero-order valence-electron chi connectivity index (χ0n) is 12.1. The second-order valence-corrected chi connectivity index (χ2v) is 5.39. The van der Waals surface area contributed by atoms with E-state index in [1.54, 1.807) is 0 Å². The number of rotatable bonds is 6. The average Bonchev–Trinajstić information content (AvgIpc) is 2.47. The molecule has 106 valence electrons. The van der Waals surface area contributed by atoms with E-state index < -0.39 is 0 Å². The minimum Gasteiger partial charge on any atom is -0.373 e. The second kappa shape index (κ2) is 7.04. The van der Waals surface area contributed by atoms with E-state index in [9.17, 15) is 0 Å². The van der Waals surface area contributed by atoms with E-state index >= 15 is 0 Å². The molecule has 3 nitrogen and oxygen atoms in total. The van der Waals surface area contributed by atoms with Gasteiger partial charge in [-0.1, -0.05) is 51.0 Å². The smallest absolute Gasteiger partial charge is 0.0843 e. The highest BCUT2D eigenvalue weighted by Gasteiger charge is 2.26. The molecule has 3 heteroatoms. The molecule has 0 radical (unpaired) electrons. The molecule has 0 spiro atoms. The van der Waals surface area contributed by atoms with Crippen LogP contribution in [0.4, 0.5) is 0 Å². The predicted molar refractivity (Wildman–Crippen MR) is 78.6 cm³/mol. The molecular weight excluding hydrogens is 236 g/mol. The van der Waals surface area contributed by atoms with E-state index in [0.717, 1.165) is 32.3 Å². The van der Waals surface area contributed by atoms with Crippen LogP contribution in [0.1, 0.15) is 50.3 Å². The number of hydrazine groups is 1. The van der Waals surface area contributed by atoms with Crippen LogP contribution in [0, 0.1) is 5.92 Å². The lowest BCUT2D eigenvalue weighted by molar-refractivity contribution is 0.0239. The molecule has 19 heavy (non-hydrogen) atoms. The van der Waals surface area contributed by atoms with Gasteiger partial charge in [0.25, 0.3) is 0 Å². The molecule has 0 bridgehead atoms. The van der Waals surface area contributed by atoms with Gasteiger partial charge in [-0.05, 0) is 29.9 Å². The summed E-state index contributed by atoms with van der Waals surface area (Å²) in [5.74, 6) is 6.37. The van der Waals surface area contributed by atoms with Gasteiger partial charge in [-0.25, -0.2) is 0 Å². The van der Waals surface area contributed by atoms with Crippen molar-refractivity contribution in [3.63, 3.8) is 0 Å². The molecule has 2 rings (SSSR count). The van der Waals surface area contributed by atoms with Gasteiger partial charge in [-0.2, -0.15) is 0 Å². The van der Waals surface area contributed by atoms with Crippen LogP contribution in [0.15, 0.2) is 24.3 Å². The van der Waals surface area contributed by atoms with Gasteiger partial charge in [0.05, 0.1) is 12.7 Å². The first-order valence-electron chi connectivity index (χ1n) is 7.45. The number of hydrogen-bond donors (Lipinski definition) is 2. The number of benzene rings is 1. The second-order valence-electron chi connectivity index (χ2n) is 5.39. The first-order valence-corrected chi connectivity index (χ1v) is 7.45. The molecule has 1 aromatic carbocycles. The minimum atomic E-state index is 0.187. The van der Waals surface area contributed by atoms with Crippen molar-refractivity contribution in [1.82, 2.24) is 5.43 Å². The lowest BCUT2D eigenvalue weighted by Gasteiger charge is -2.32. The maximum atomic E-state index is 5.98. The summed E-state index contributed by atoms with van der Waals surface area (Å²) in [6.07, 6.45) is 4.48. The summed E-state index contributed by atoms with van der Waals surface area (Å²) in [6, 6.07) is 8.95. The van der Waals surface area contributed by atoms with Crippen LogP contribution in [-0.4, -0.2) is 12.6 Å². The van der Waals surface area contributed by atoms with Crippen LogP contribution in [-0.2, 0) is 11.2 Å². The molecule has 0 aliphatic carbocycles. The zero-order chi connectivity index (χ0) is 13.7. The number of ether oxygens (including phenoxy) is 1. The fourth-order valence-corrected chi connectivity index (χ4v) is 3.16. The predicted octanol–water partition coefficient (Wildman–Crippen LogP) is 2.96. The lowest BCUT2D eigenvalue weighted by atomic mass is 9.87. The quantitative estimate of drug-likeness (QED) is 0.612. The zero-order valence-corrected chi connectivity index (χ0v) is 12.1. The molecule has 1 heterocycles. The Labute approximate surface area is 116 Å². The normalized spacial score (nSPS) is 20.3. The minimum absolute atomic E-state index is 0.187. The monoisotopic (exact) mass is 262 g/mol. The molecule has 0 aromatic heterocycles. The highest BCUT2D eigenvalue weighted by molar-refractivity contribution is 5.31. The summed E-state index contributed by atoms with van der Waals surface area (Å²) in [7, 11) is 0. The Balaban J connectivity index is 2.10. The summed E-state index contributed by atoms with van der Waals surface area (Å²) in [4.78, 5) is 0. The van der Waals surface area contributed by atoms with Gasteiger partial charge in [0.15, 0.2) is 0 Å². The summed E-state index contributed by atoms with van der Waals surface area (Å²) < 4.78 is 5.98. The third kappa shape index (κ3) is 3.35. The van der Waals surface area contributed by atoms with E-state index in [1.807, 2.05) is 0 Å². The van der Waals surface area contributed by atoms with Gasteiger partial charge in [0, 0.05) is 6.04 Å². The Morgan fingerprint density at radius 3 is 2.74 bits per heavy atom. The number of hydrogen-bond acceptors (Lipinski definition) is 3. The van der Waals surface area contributed by atoms with Crippen LogP contribution >= 0.6 is 0 Å². The van der Waals surface area contributed by atoms with Crippen molar-refractivity contribution in [2.45, 2.75) is 51.7 Å². The first-order chi connectivity index (χ1) is 9.30. The summed E-state index contributed by atoms with van der Waals surface area (Å²) >= 11 is 0. The van der Waals surface area contributed by atoms with Crippen molar-refractivity contribution >= 4 is 0 Å². The van der Waals surface area contributed by atoms with Crippen molar-refractivity contribution in [1.29, 1.82) is 0 Å². The molecule has 3 N–H and O–H groups in total. The molecule has 2 atom stereocenters. The van der Waals surface area contributed by atoms with Gasteiger partial charge in [-0.15, -0.1) is 0 Å². The van der Waals surface area contributed by atoms with Crippen molar-refractivity contribution < 1.29 is 4.74 Å². The molecular formula is C16H26N2O. The number of nitrogens with two attached hydrogens (primary N) is 1. The van der Waals surface area contributed by atoms with Crippen LogP contribution in [0.2, 0.25) is 0 Å². The Kier molecular flexibility index (Phi) is 5.37. The van der Waals surface area contributed by atoms with Crippen molar-refractivity contribution in [2.75, 3.05) is 6.61 Å². The van der Waals surface area contributed by atoms with Crippen LogP contribution < -0.4 is 11.3 Å². The lowest BCUT2D eigenvalue weighted by Crippen LogP contribution is -2.42. The highest BCUT2D eigenvalue weighted by atomic mass is 16.5. The van der Waals surface area contributed by atoms with Gasteiger partial charge < -0.3 is 4.74 Å². The van der Waals surface area contributed by atoms with E-state index in [1.165, 1.54) is 11.1 Å². The van der Waals surface area contributed by atoms with Crippen LogP contribution in [0.3, 0.4) is 0 Å². The summed E-state index contributed by atoms with van der Waals surface area (Å²) in [5, 5.41) is 0.